The van der Waals surface area contributed by atoms with Crippen molar-refractivity contribution in [2.45, 2.75) is 13.0 Å². The van der Waals surface area contributed by atoms with Gasteiger partial charge in [-0.3, -0.25) is 4.79 Å². The molecule has 0 fully saturated rings. The van der Waals surface area contributed by atoms with Crippen LogP contribution >= 0.6 is 15.9 Å². The van der Waals surface area contributed by atoms with Crippen LogP contribution in [-0.2, 0) is 22.6 Å². The lowest BCUT2D eigenvalue weighted by Crippen LogP contribution is -2.31. The van der Waals surface area contributed by atoms with Gasteiger partial charge in [-0.15, -0.1) is 0 Å². The number of aromatic nitrogens is 1. The summed E-state index contributed by atoms with van der Waals surface area (Å²) in [5.41, 5.74) is 2.83. The highest BCUT2D eigenvalue weighted by Crippen LogP contribution is 2.30. The van der Waals surface area contributed by atoms with E-state index >= 15 is 0 Å². The summed E-state index contributed by atoms with van der Waals surface area (Å²) in [6, 6.07) is 15.8. The first-order valence-corrected chi connectivity index (χ1v) is 9.71. The molecule has 1 amide bonds. The van der Waals surface area contributed by atoms with Crippen molar-refractivity contribution in [1.82, 2.24) is 9.47 Å². The highest BCUT2D eigenvalue weighted by molar-refractivity contribution is 9.10. The van der Waals surface area contributed by atoms with Gasteiger partial charge in [0.25, 0.3) is 0 Å². The summed E-state index contributed by atoms with van der Waals surface area (Å²) in [6.07, 6.45) is 5.27. The van der Waals surface area contributed by atoms with Crippen LogP contribution in [0.25, 0.3) is 17.0 Å². The van der Waals surface area contributed by atoms with Gasteiger partial charge in [0.1, 0.15) is 6.54 Å². The number of likely N-dealkylation sites (N-methyl/N-ethyl adjacent to an activating group) is 1. The van der Waals surface area contributed by atoms with Gasteiger partial charge in [-0.05, 0) is 30.2 Å². The number of carbonyl (C=O) groups is 2. The molecule has 0 saturated carbocycles. The normalized spacial score (nSPS) is 11.2. The lowest BCUT2D eigenvalue weighted by atomic mass is 10.1. The van der Waals surface area contributed by atoms with Crippen LogP contribution in [0.2, 0.25) is 0 Å². The Labute approximate surface area is 172 Å². The predicted molar refractivity (Wildman–Crippen MR) is 114 cm³/mol. The highest BCUT2D eigenvalue weighted by Gasteiger charge is 2.15. The molecule has 0 saturated heterocycles. The Bertz CT molecular complexity index is 1020. The van der Waals surface area contributed by atoms with Crippen LogP contribution in [0, 0.1) is 0 Å². The summed E-state index contributed by atoms with van der Waals surface area (Å²) in [7, 11) is 1.80. The number of rotatable bonds is 7. The molecule has 0 aliphatic carbocycles. The highest BCUT2D eigenvalue weighted by atomic mass is 79.9. The zero-order chi connectivity index (χ0) is 20.1. The van der Waals surface area contributed by atoms with Crippen molar-refractivity contribution in [3.8, 4) is 0 Å². The van der Waals surface area contributed by atoms with Gasteiger partial charge in [0.2, 0.25) is 5.91 Å². The lowest BCUT2D eigenvalue weighted by molar-refractivity contribution is -0.131. The Morgan fingerprint density at radius 3 is 2.61 bits per heavy atom. The molecule has 0 aliphatic heterocycles. The van der Waals surface area contributed by atoms with Gasteiger partial charge in [-0.1, -0.05) is 52.3 Å². The van der Waals surface area contributed by atoms with Gasteiger partial charge in [0.15, 0.2) is 0 Å². The minimum absolute atomic E-state index is 0.00145. The molecule has 1 aromatic heterocycles. The third-order valence-electron chi connectivity index (χ3n) is 4.60. The molecule has 0 aliphatic rings. The van der Waals surface area contributed by atoms with Crippen LogP contribution in [0.5, 0.6) is 0 Å². The molecule has 5 nitrogen and oxygen atoms in total. The van der Waals surface area contributed by atoms with Gasteiger partial charge in [-0.25, -0.2) is 4.79 Å². The minimum atomic E-state index is -1.01. The molecule has 0 atom stereocenters. The first kappa shape index (κ1) is 19.9. The average Bonchev–Trinajstić information content (AvgIpc) is 3.04. The third-order valence-corrected chi connectivity index (χ3v) is 5.26. The van der Waals surface area contributed by atoms with Crippen LogP contribution in [0.15, 0.2) is 65.3 Å². The number of carbonyl (C=O) groups excluding carboxylic acids is 1. The van der Waals surface area contributed by atoms with Crippen molar-refractivity contribution in [1.29, 1.82) is 0 Å². The molecule has 2 aromatic carbocycles. The maximum Gasteiger partial charge on any atom is 0.328 e. The van der Waals surface area contributed by atoms with Gasteiger partial charge >= 0.3 is 5.97 Å². The van der Waals surface area contributed by atoms with E-state index in [4.69, 9.17) is 5.11 Å². The van der Waals surface area contributed by atoms with E-state index in [0.29, 0.717) is 6.54 Å². The number of hydrogen-bond donors (Lipinski definition) is 1. The molecule has 0 bridgehead atoms. The number of carboxylic acid groups (broad SMARTS) is 1. The van der Waals surface area contributed by atoms with Gasteiger partial charge in [0, 0.05) is 41.3 Å². The van der Waals surface area contributed by atoms with Crippen molar-refractivity contribution in [2.24, 2.45) is 0 Å². The topological polar surface area (TPSA) is 62.5 Å². The van der Waals surface area contributed by atoms with E-state index < -0.39 is 5.97 Å². The molecule has 3 aromatic rings. The molecular weight excluding hydrogens is 420 g/mol. The van der Waals surface area contributed by atoms with Gasteiger partial charge < -0.3 is 14.6 Å². The molecule has 28 heavy (non-hydrogen) atoms. The second-order valence-electron chi connectivity index (χ2n) is 6.57. The number of nitrogens with zero attached hydrogens (tertiary/aromatic N) is 2. The van der Waals surface area contributed by atoms with E-state index in [-0.39, 0.29) is 12.5 Å². The Kier molecular flexibility index (Phi) is 6.31. The van der Waals surface area contributed by atoms with Crippen LogP contribution in [-0.4, -0.2) is 40.0 Å². The second kappa shape index (κ2) is 8.89. The Morgan fingerprint density at radius 1 is 1.14 bits per heavy atom. The first-order valence-electron chi connectivity index (χ1n) is 8.92. The Hall–Kier alpha value is -2.86. The predicted octanol–water partition coefficient (Wildman–Crippen LogP) is 4.20. The summed E-state index contributed by atoms with van der Waals surface area (Å²) in [4.78, 5) is 25.3. The zero-order valence-electron chi connectivity index (χ0n) is 15.5. The fourth-order valence-electron chi connectivity index (χ4n) is 3.09. The number of aliphatic carboxylic acids is 1. The average molecular weight is 441 g/mol. The van der Waals surface area contributed by atoms with Crippen LogP contribution in [0.1, 0.15) is 11.1 Å². The van der Waals surface area contributed by atoms with E-state index in [0.717, 1.165) is 33.4 Å². The summed E-state index contributed by atoms with van der Waals surface area (Å²) in [5.74, 6) is -1.01. The molecule has 0 unspecified atom stereocenters. The summed E-state index contributed by atoms with van der Waals surface area (Å²) in [5, 5.41) is 9.82. The summed E-state index contributed by atoms with van der Waals surface area (Å²) >= 11 is 3.52. The first-order chi connectivity index (χ1) is 13.5. The van der Waals surface area contributed by atoms with Crippen LogP contribution < -0.4 is 0 Å². The van der Waals surface area contributed by atoms with Crippen molar-refractivity contribution >= 4 is 44.8 Å². The molecule has 0 spiro atoms. The SMILES string of the molecule is CN(CCc1ccccc1)C(=O)Cn1cc(C=CC(=O)O)c2c(Br)cccc21. The maximum atomic E-state index is 12.7. The van der Waals surface area contributed by atoms with E-state index in [2.05, 4.69) is 28.1 Å². The molecule has 0 radical (unpaired) electrons. The standard InChI is InChI=1S/C22H21BrN2O3/c1-24(13-12-16-6-3-2-4-7-16)20(26)15-25-14-17(10-11-21(27)28)22-18(23)8-5-9-19(22)25/h2-11,14H,12-13,15H2,1H3,(H,27,28). The molecule has 3 rings (SSSR count). The second-order valence-corrected chi connectivity index (χ2v) is 7.42. The fourth-order valence-corrected chi connectivity index (χ4v) is 3.68. The van der Waals surface area contributed by atoms with Crippen LogP contribution in [0.4, 0.5) is 0 Å². The molecule has 144 valence electrons. The molecule has 6 heteroatoms. The van der Waals surface area contributed by atoms with Gasteiger partial charge in [-0.2, -0.15) is 0 Å². The van der Waals surface area contributed by atoms with Crippen molar-refractivity contribution < 1.29 is 14.7 Å². The Balaban J connectivity index is 1.78. The number of fused-ring (bicyclic) bond motifs is 1. The molecular formula is C22H21BrN2O3. The number of halogens is 1. The van der Waals surface area contributed by atoms with E-state index in [1.165, 1.54) is 5.56 Å². The number of carboxylic acids is 1. The lowest BCUT2D eigenvalue weighted by Gasteiger charge is -2.18. The summed E-state index contributed by atoms with van der Waals surface area (Å²) < 4.78 is 2.72. The third kappa shape index (κ3) is 4.70. The number of hydrogen-bond acceptors (Lipinski definition) is 2. The van der Waals surface area contributed by atoms with E-state index in [1.54, 1.807) is 18.0 Å². The van der Waals surface area contributed by atoms with Crippen molar-refractivity contribution in [3.05, 3.63) is 76.4 Å². The van der Waals surface area contributed by atoms with E-state index in [1.807, 2.05) is 47.2 Å². The minimum Gasteiger partial charge on any atom is -0.478 e. The number of benzene rings is 2. The smallest absolute Gasteiger partial charge is 0.328 e. The quantitative estimate of drug-likeness (QED) is 0.559. The van der Waals surface area contributed by atoms with Crippen molar-refractivity contribution in [2.75, 3.05) is 13.6 Å². The largest absolute Gasteiger partial charge is 0.478 e. The van der Waals surface area contributed by atoms with Gasteiger partial charge in [0.05, 0.1) is 5.52 Å². The molecule has 1 N–H and O–H groups in total. The van der Waals surface area contributed by atoms with Crippen LogP contribution in [0.3, 0.4) is 0 Å². The Morgan fingerprint density at radius 2 is 1.89 bits per heavy atom. The summed E-state index contributed by atoms with van der Waals surface area (Å²) in [6.45, 7) is 0.830. The zero-order valence-corrected chi connectivity index (χ0v) is 17.1. The monoisotopic (exact) mass is 440 g/mol. The molecule has 1 heterocycles. The number of amides is 1. The fraction of sp³-hybridized carbons (Fsp3) is 0.182. The maximum absolute atomic E-state index is 12.7. The van der Waals surface area contributed by atoms with E-state index in [9.17, 15) is 9.59 Å². The van der Waals surface area contributed by atoms with Crippen molar-refractivity contribution in [3.63, 3.8) is 0 Å².